The Hall–Kier alpha value is -5.28. The topological polar surface area (TPSA) is 164 Å². The SMILES string of the molecule is C[C@@H]1C(=O)N(C)c2cnc(Nc3ccc(C(=O)NN4CCC(N5CCC(CNc6ccc(C7CCC(=O)NC7=O)cc6)CC5)CC4)cc3OC3CCCC3)nc2N1C1CCCC1. The van der Waals surface area contributed by atoms with Crippen molar-refractivity contribution in [2.45, 2.75) is 127 Å². The minimum atomic E-state index is -0.303. The molecule has 1 unspecified atom stereocenters. The van der Waals surface area contributed by atoms with Gasteiger partial charge in [-0.1, -0.05) is 25.0 Å². The number of hydrogen-bond acceptors (Lipinski definition) is 12. The summed E-state index contributed by atoms with van der Waals surface area (Å²) in [5.74, 6) is 1.66. The molecule has 0 spiro atoms. The van der Waals surface area contributed by atoms with E-state index in [1.54, 1.807) is 18.1 Å². The third-order valence-electron chi connectivity index (χ3n) is 14.3. The molecule has 15 heteroatoms. The van der Waals surface area contributed by atoms with Gasteiger partial charge in [0.1, 0.15) is 17.5 Å². The molecule has 4 amide bonds. The molecule has 2 aromatic carbocycles. The van der Waals surface area contributed by atoms with E-state index >= 15 is 0 Å². The van der Waals surface area contributed by atoms with E-state index in [0.29, 0.717) is 53.4 Å². The first kappa shape index (κ1) is 42.0. The number of carbonyl (C=O) groups excluding carboxylic acids is 4. The maximum atomic E-state index is 13.7. The van der Waals surface area contributed by atoms with Gasteiger partial charge in [-0.05, 0) is 132 Å². The number of carbonyl (C=O) groups is 4. The van der Waals surface area contributed by atoms with Crippen molar-refractivity contribution in [1.29, 1.82) is 0 Å². The highest BCUT2D eigenvalue weighted by molar-refractivity contribution is 6.04. The largest absolute Gasteiger partial charge is 0.488 e. The summed E-state index contributed by atoms with van der Waals surface area (Å²) in [6.45, 7) is 6.63. The van der Waals surface area contributed by atoms with Crippen molar-refractivity contribution in [1.82, 2.24) is 30.6 Å². The summed E-state index contributed by atoms with van der Waals surface area (Å²) in [7, 11) is 1.79. The van der Waals surface area contributed by atoms with E-state index in [-0.39, 0.29) is 47.7 Å². The molecule has 5 heterocycles. The van der Waals surface area contributed by atoms with E-state index in [1.807, 2.05) is 49.4 Å². The highest BCUT2D eigenvalue weighted by Gasteiger charge is 2.40. The van der Waals surface area contributed by atoms with Crippen LogP contribution in [-0.2, 0) is 14.4 Å². The normalized spacial score (nSPS) is 23.7. The van der Waals surface area contributed by atoms with Gasteiger partial charge in [-0.3, -0.25) is 29.9 Å². The Morgan fingerprint density at radius 1 is 0.855 bits per heavy atom. The fraction of sp³-hybridized carbons (Fsp3) is 0.574. The summed E-state index contributed by atoms with van der Waals surface area (Å²) in [5.41, 5.74) is 7.15. The van der Waals surface area contributed by atoms with Crippen molar-refractivity contribution in [3.63, 3.8) is 0 Å². The predicted octanol–water partition coefficient (Wildman–Crippen LogP) is 6.11. The molecule has 0 radical (unpaired) electrons. The number of likely N-dealkylation sites (N-methyl/N-ethyl adjacent to an activating group) is 1. The molecule has 4 N–H and O–H groups in total. The first-order chi connectivity index (χ1) is 30.2. The number of fused-ring (bicyclic) bond motifs is 1. The van der Waals surface area contributed by atoms with Gasteiger partial charge in [-0.15, -0.1) is 0 Å². The Balaban J connectivity index is 0.770. The summed E-state index contributed by atoms with van der Waals surface area (Å²) in [5, 5.41) is 11.5. The van der Waals surface area contributed by atoms with Gasteiger partial charge in [0.25, 0.3) is 5.91 Å². The van der Waals surface area contributed by atoms with E-state index in [1.165, 1.54) is 0 Å². The molecule has 5 fully saturated rings. The molecule has 2 saturated carbocycles. The molecule has 330 valence electrons. The molecule has 4 aliphatic heterocycles. The number of amides is 4. The first-order valence-corrected chi connectivity index (χ1v) is 23.1. The highest BCUT2D eigenvalue weighted by Crippen LogP contribution is 2.40. The van der Waals surface area contributed by atoms with Crippen LogP contribution >= 0.6 is 0 Å². The van der Waals surface area contributed by atoms with Crippen molar-refractivity contribution in [2.75, 3.05) is 60.2 Å². The Morgan fingerprint density at radius 3 is 2.31 bits per heavy atom. The number of hydrogen-bond donors (Lipinski definition) is 4. The zero-order valence-electron chi connectivity index (χ0n) is 36.2. The zero-order chi connectivity index (χ0) is 42.7. The number of imide groups is 1. The number of ether oxygens (including phenoxy) is 1. The number of piperidine rings is 3. The van der Waals surface area contributed by atoms with Gasteiger partial charge in [0.05, 0.1) is 23.9 Å². The number of benzene rings is 2. The minimum absolute atomic E-state index is 0.0518. The molecule has 62 heavy (non-hydrogen) atoms. The van der Waals surface area contributed by atoms with Crippen LogP contribution in [0.2, 0.25) is 0 Å². The average Bonchev–Trinajstić information content (AvgIpc) is 4.02. The van der Waals surface area contributed by atoms with Crippen LogP contribution in [0.3, 0.4) is 0 Å². The van der Waals surface area contributed by atoms with Crippen LogP contribution in [0.4, 0.5) is 28.8 Å². The number of rotatable bonds is 12. The molecule has 1 aromatic heterocycles. The average molecular weight is 847 g/mol. The van der Waals surface area contributed by atoms with Gasteiger partial charge in [0.15, 0.2) is 5.82 Å². The zero-order valence-corrected chi connectivity index (χ0v) is 36.2. The molecule has 2 aliphatic carbocycles. The van der Waals surface area contributed by atoms with Crippen LogP contribution in [0, 0.1) is 5.92 Å². The van der Waals surface area contributed by atoms with Gasteiger partial charge in [-0.25, -0.2) is 9.99 Å². The number of aromatic nitrogens is 2. The second kappa shape index (κ2) is 18.6. The number of nitrogens with zero attached hydrogens (tertiary/aromatic N) is 6. The summed E-state index contributed by atoms with van der Waals surface area (Å²) >= 11 is 0. The highest BCUT2D eigenvalue weighted by atomic mass is 16.5. The van der Waals surface area contributed by atoms with Crippen LogP contribution in [0.1, 0.15) is 119 Å². The van der Waals surface area contributed by atoms with Crippen LogP contribution in [0.5, 0.6) is 5.75 Å². The Labute approximate surface area is 364 Å². The fourth-order valence-electron chi connectivity index (χ4n) is 10.6. The molecule has 3 aromatic rings. The third kappa shape index (κ3) is 9.24. The second-order valence-corrected chi connectivity index (χ2v) is 18.3. The smallest absolute Gasteiger partial charge is 0.265 e. The van der Waals surface area contributed by atoms with E-state index in [2.05, 4.69) is 41.2 Å². The minimum Gasteiger partial charge on any atom is -0.488 e. The van der Waals surface area contributed by atoms with Gasteiger partial charge in [0, 0.05) is 56.4 Å². The molecular formula is C47H62N10O5. The van der Waals surface area contributed by atoms with Crippen molar-refractivity contribution in [3.05, 3.63) is 59.8 Å². The molecule has 0 bridgehead atoms. The van der Waals surface area contributed by atoms with Crippen LogP contribution in [0.15, 0.2) is 48.7 Å². The molecular weight excluding hydrogens is 785 g/mol. The Kier molecular flexibility index (Phi) is 12.6. The summed E-state index contributed by atoms with van der Waals surface area (Å²) in [4.78, 5) is 66.9. The van der Waals surface area contributed by atoms with Gasteiger partial charge in [-0.2, -0.15) is 4.98 Å². The molecule has 9 rings (SSSR count). The van der Waals surface area contributed by atoms with Gasteiger partial charge in [0.2, 0.25) is 23.7 Å². The van der Waals surface area contributed by atoms with E-state index in [0.717, 1.165) is 127 Å². The lowest BCUT2D eigenvalue weighted by Crippen LogP contribution is -2.54. The van der Waals surface area contributed by atoms with E-state index in [4.69, 9.17) is 9.72 Å². The molecule has 2 atom stereocenters. The van der Waals surface area contributed by atoms with Gasteiger partial charge < -0.3 is 30.1 Å². The van der Waals surface area contributed by atoms with Gasteiger partial charge >= 0.3 is 0 Å². The number of nitrogens with one attached hydrogen (secondary N) is 4. The number of hydrazine groups is 1. The van der Waals surface area contributed by atoms with Crippen molar-refractivity contribution in [3.8, 4) is 5.75 Å². The summed E-state index contributed by atoms with van der Waals surface area (Å²) in [6, 6.07) is 14.1. The van der Waals surface area contributed by atoms with E-state index < -0.39 is 0 Å². The molecule has 3 saturated heterocycles. The van der Waals surface area contributed by atoms with Crippen LogP contribution in [0.25, 0.3) is 0 Å². The van der Waals surface area contributed by atoms with Crippen molar-refractivity contribution < 1.29 is 23.9 Å². The fourth-order valence-corrected chi connectivity index (χ4v) is 10.6. The standard InChI is InChI=1S/C47H62N10O5/c1-30-46(61)54(2)40-29-49-47(52-43(40)57(30)36-7-3-4-8-36)50-39-17-13-33(27-41(39)62-37-9-5-6-10-37)44(59)53-56-25-21-35(22-26-56)55-23-19-31(20-24-55)28-48-34-14-11-32(12-15-34)38-16-18-42(58)51-45(38)60/h11-15,17,27,29-31,35-38,48H,3-10,16,18-26,28H2,1-2H3,(H,53,59)(H,49,50,52)(H,51,58,60)/t30-,38?/m1/s1. The summed E-state index contributed by atoms with van der Waals surface area (Å²) < 4.78 is 6.58. The monoisotopic (exact) mass is 846 g/mol. The Bertz CT molecular complexity index is 2110. The van der Waals surface area contributed by atoms with E-state index in [9.17, 15) is 19.2 Å². The summed E-state index contributed by atoms with van der Waals surface area (Å²) in [6.07, 6.45) is 15.7. The Morgan fingerprint density at radius 2 is 1.58 bits per heavy atom. The molecule has 6 aliphatic rings. The van der Waals surface area contributed by atoms with Crippen molar-refractivity contribution in [2.24, 2.45) is 5.92 Å². The number of likely N-dealkylation sites (tertiary alicyclic amines) is 1. The quantitative estimate of drug-likeness (QED) is 0.155. The van der Waals surface area contributed by atoms with Crippen LogP contribution in [-0.4, -0.2) is 108 Å². The maximum absolute atomic E-state index is 13.7. The van der Waals surface area contributed by atoms with Crippen molar-refractivity contribution >= 4 is 52.5 Å². The lowest BCUT2D eigenvalue weighted by molar-refractivity contribution is -0.134. The predicted molar refractivity (Wildman–Crippen MR) is 239 cm³/mol. The molecule has 15 nitrogen and oxygen atoms in total. The second-order valence-electron chi connectivity index (χ2n) is 18.3. The first-order valence-electron chi connectivity index (χ1n) is 23.1. The lowest BCUT2D eigenvalue weighted by atomic mass is 9.90. The van der Waals surface area contributed by atoms with Crippen LogP contribution < -0.4 is 35.9 Å². The number of anilines is 5. The third-order valence-corrected chi connectivity index (χ3v) is 14.3. The maximum Gasteiger partial charge on any atom is 0.265 e. The lowest BCUT2D eigenvalue weighted by Gasteiger charge is -2.42.